The lowest BCUT2D eigenvalue weighted by Crippen LogP contribution is -2.31. The van der Waals surface area contributed by atoms with Crippen molar-refractivity contribution in [1.82, 2.24) is 0 Å². The Labute approximate surface area is 146 Å². The van der Waals surface area contributed by atoms with E-state index in [9.17, 15) is 0 Å². The molecule has 0 aliphatic rings. The van der Waals surface area contributed by atoms with Gasteiger partial charge in [-0.2, -0.15) is 0 Å². The van der Waals surface area contributed by atoms with Gasteiger partial charge in [-0.15, -0.1) is 3.97 Å². The molecule has 1 heterocycles. The average molecular weight is 331 g/mol. The van der Waals surface area contributed by atoms with Crippen molar-refractivity contribution in [3.63, 3.8) is 0 Å². The molecule has 0 aliphatic heterocycles. The van der Waals surface area contributed by atoms with Gasteiger partial charge < -0.3 is 0 Å². The van der Waals surface area contributed by atoms with Crippen LogP contribution in [0.2, 0.25) is 0 Å². The summed E-state index contributed by atoms with van der Waals surface area (Å²) in [6.07, 6.45) is 11.1. The van der Waals surface area contributed by atoms with Gasteiger partial charge in [0.05, 0.1) is 11.1 Å². The van der Waals surface area contributed by atoms with Crippen LogP contribution in [-0.2, 0) is 0 Å². The summed E-state index contributed by atoms with van der Waals surface area (Å²) in [5.74, 6) is 1.22. The van der Waals surface area contributed by atoms with Crippen LogP contribution in [-0.4, -0.2) is 5.75 Å². The predicted molar refractivity (Wildman–Crippen MR) is 104 cm³/mol. The highest BCUT2D eigenvalue weighted by molar-refractivity contribution is 7.92. The van der Waals surface area contributed by atoms with E-state index in [0.29, 0.717) is 0 Å². The van der Waals surface area contributed by atoms with Crippen molar-refractivity contribution in [3.05, 3.63) is 41.6 Å². The molecular weight excluding hydrogens is 298 g/mol. The van der Waals surface area contributed by atoms with E-state index in [2.05, 4.69) is 55.1 Å². The highest BCUT2D eigenvalue weighted by atomic mass is 32.2. The van der Waals surface area contributed by atoms with E-state index < -0.39 is 0 Å². The predicted octanol–water partition coefficient (Wildman–Crippen LogP) is 6.38. The molecule has 2 aromatic rings. The molecule has 0 radical (unpaired) electrons. The highest BCUT2D eigenvalue weighted by Gasteiger charge is 2.15. The maximum Gasteiger partial charge on any atom is 0.226 e. The molecule has 0 saturated carbocycles. The first-order valence-corrected chi connectivity index (χ1v) is 10.2. The zero-order valence-electron chi connectivity index (χ0n) is 15.1. The third-order valence-electron chi connectivity index (χ3n) is 4.51. The largest absolute Gasteiger partial charge is 0.226 e. The summed E-state index contributed by atoms with van der Waals surface area (Å²) < 4.78 is 2.42. The minimum Gasteiger partial charge on any atom is -0.124 e. The van der Waals surface area contributed by atoms with Crippen molar-refractivity contribution in [2.45, 2.75) is 72.1 Å². The number of para-hydroxylation sites is 1. The minimum absolute atomic E-state index is 1.22. The van der Waals surface area contributed by atoms with Crippen LogP contribution in [0.15, 0.2) is 30.3 Å². The molecule has 1 nitrogen and oxygen atoms in total. The standard InChI is InChI=1S/C21H32NS/c1-4-5-6-7-8-9-10-13-16-23-22-19(3)17-18(2)20-14-11-12-15-21(20)22/h11-12,14-15,17H,4-10,13,16H2,1-3H3/q+1. The van der Waals surface area contributed by atoms with Gasteiger partial charge in [-0.25, -0.2) is 0 Å². The van der Waals surface area contributed by atoms with Crippen molar-refractivity contribution >= 4 is 22.9 Å². The Morgan fingerprint density at radius 3 is 2.26 bits per heavy atom. The number of hydrogen-bond acceptors (Lipinski definition) is 1. The Hall–Kier alpha value is -1.02. The van der Waals surface area contributed by atoms with Gasteiger partial charge in [-0.1, -0.05) is 64.0 Å². The lowest BCUT2D eigenvalue weighted by atomic mass is 10.1. The number of hydrogen-bond donors (Lipinski definition) is 0. The molecule has 0 bridgehead atoms. The van der Waals surface area contributed by atoms with Crippen LogP contribution in [0.25, 0.3) is 10.9 Å². The van der Waals surface area contributed by atoms with Crippen LogP contribution >= 0.6 is 11.9 Å². The van der Waals surface area contributed by atoms with E-state index >= 15 is 0 Å². The maximum absolute atomic E-state index is 2.42. The van der Waals surface area contributed by atoms with E-state index in [0.717, 1.165) is 0 Å². The lowest BCUT2D eigenvalue weighted by Gasteiger charge is -2.05. The Bertz CT molecular complexity index is 606. The highest BCUT2D eigenvalue weighted by Crippen LogP contribution is 2.19. The second-order valence-electron chi connectivity index (χ2n) is 6.59. The summed E-state index contributed by atoms with van der Waals surface area (Å²) in [6.45, 7) is 6.72. The SMILES string of the molecule is CCCCCCCCCCS[n+]1c(C)cc(C)c2ccccc21. The fraction of sp³-hybridized carbons (Fsp3) is 0.571. The van der Waals surface area contributed by atoms with Gasteiger partial charge in [-0.05, 0) is 25.0 Å². The first kappa shape index (κ1) is 18.3. The number of aryl methyl sites for hydroxylation is 2. The third kappa shape index (κ3) is 5.53. The van der Waals surface area contributed by atoms with Gasteiger partial charge in [0.2, 0.25) is 5.52 Å². The van der Waals surface area contributed by atoms with E-state index in [-0.39, 0.29) is 0 Å². The van der Waals surface area contributed by atoms with E-state index in [4.69, 9.17) is 0 Å². The number of fused-ring (bicyclic) bond motifs is 1. The van der Waals surface area contributed by atoms with Gasteiger partial charge in [0.15, 0.2) is 17.6 Å². The van der Waals surface area contributed by atoms with Crippen LogP contribution in [0, 0.1) is 13.8 Å². The van der Waals surface area contributed by atoms with Crippen LogP contribution in [0.5, 0.6) is 0 Å². The first-order valence-electron chi connectivity index (χ1n) is 9.28. The lowest BCUT2D eigenvalue weighted by molar-refractivity contribution is -0.471. The topological polar surface area (TPSA) is 3.88 Å². The number of pyridine rings is 1. The summed E-state index contributed by atoms with van der Waals surface area (Å²) in [5.41, 5.74) is 4.09. The molecule has 0 aliphatic carbocycles. The molecule has 0 unspecified atom stereocenters. The number of nitrogens with zero attached hydrogens (tertiary/aromatic N) is 1. The quantitative estimate of drug-likeness (QED) is 0.361. The normalized spacial score (nSPS) is 11.3. The molecule has 1 aromatic heterocycles. The van der Waals surface area contributed by atoms with Gasteiger partial charge in [0.1, 0.15) is 0 Å². The Morgan fingerprint density at radius 1 is 0.870 bits per heavy atom. The zero-order chi connectivity index (χ0) is 16.5. The summed E-state index contributed by atoms with van der Waals surface area (Å²) >= 11 is 1.97. The van der Waals surface area contributed by atoms with Gasteiger partial charge >= 0.3 is 0 Å². The Morgan fingerprint density at radius 2 is 1.52 bits per heavy atom. The van der Waals surface area contributed by atoms with Crippen molar-refractivity contribution < 1.29 is 3.97 Å². The molecule has 0 amide bonds. The van der Waals surface area contributed by atoms with Crippen LogP contribution in [0.1, 0.15) is 69.5 Å². The van der Waals surface area contributed by atoms with Crippen molar-refractivity contribution in [2.75, 3.05) is 5.75 Å². The van der Waals surface area contributed by atoms with Crippen LogP contribution in [0.4, 0.5) is 0 Å². The molecule has 0 N–H and O–H groups in total. The van der Waals surface area contributed by atoms with Crippen LogP contribution in [0.3, 0.4) is 0 Å². The number of rotatable bonds is 10. The summed E-state index contributed by atoms with van der Waals surface area (Å²) in [4.78, 5) is 0. The fourth-order valence-corrected chi connectivity index (χ4v) is 4.26. The molecule has 2 rings (SSSR count). The monoisotopic (exact) mass is 330 g/mol. The summed E-state index contributed by atoms with van der Waals surface area (Å²) in [5, 5.41) is 1.38. The third-order valence-corrected chi connectivity index (χ3v) is 5.73. The van der Waals surface area contributed by atoms with Gasteiger partial charge in [-0.3, -0.25) is 0 Å². The summed E-state index contributed by atoms with van der Waals surface area (Å²) in [6, 6.07) is 11.1. The second kappa shape index (κ2) is 9.97. The smallest absolute Gasteiger partial charge is 0.124 e. The summed E-state index contributed by atoms with van der Waals surface area (Å²) in [7, 11) is 0. The molecule has 0 saturated heterocycles. The molecule has 2 heteroatoms. The van der Waals surface area contributed by atoms with Gasteiger partial charge in [0, 0.05) is 19.1 Å². The second-order valence-corrected chi connectivity index (χ2v) is 7.62. The zero-order valence-corrected chi connectivity index (χ0v) is 15.9. The first-order chi connectivity index (χ1) is 11.2. The molecule has 0 spiro atoms. The molecule has 1 aromatic carbocycles. The van der Waals surface area contributed by atoms with Crippen LogP contribution < -0.4 is 3.97 Å². The van der Waals surface area contributed by atoms with Crippen molar-refractivity contribution in [2.24, 2.45) is 0 Å². The van der Waals surface area contributed by atoms with E-state index in [1.165, 1.54) is 79.3 Å². The van der Waals surface area contributed by atoms with E-state index in [1.807, 2.05) is 11.9 Å². The number of benzene rings is 1. The van der Waals surface area contributed by atoms with Crippen molar-refractivity contribution in [3.8, 4) is 0 Å². The van der Waals surface area contributed by atoms with E-state index in [1.54, 1.807) is 0 Å². The minimum atomic E-state index is 1.22. The van der Waals surface area contributed by atoms with Gasteiger partial charge in [0.25, 0.3) is 0 Å². The molecular formula is C21H32NS+. The number of unbranched alkanes of at least 4 members (excludes halogenated alkanes) is 7. The molecule has 0 atom stereocenters. The molecule has 0 fully saturated rings. The Kier molecular flexibility index (Phi) is 7.94. The average Bonchev–Trinajstić information content (AvgIpc) is 2.56. The molecule has 126 valence electrons. The molecule has 23 heavy (non-hydrogen) atoms. The Balaban J connectivity index is 1.79. The number of aromatic nitrogens is 1. The fourth-order valence-electron chi connectivity index (χ4n) is 3.19. The maximum atomic E-state index is 2.42. The van der Waals surface area contributed by atoms with Crippen molar-refractivity contribution in [1.29, 1.82) is 0 Å².